The second-order valence-corrected chi connectivity index (χ2v) is 11.5. The summed E-state index contributed by atoms with van der Waals surface area (Å²) >= 11 is 0. The van der Waals surface area contributed by atoms with Crippen molar-refractivity contribution in [2.45, 2.75) is 84.2 Å². The van der Waals surface area contributed by atoms with Crippen molar-refractivity contribution in [2.24, 2.45) is 68.1 Å². The number of nitrogens with zero attached hydrogens (tertiary/aromatic N) is 2. The lowest BCUT2D eigenvalue weighted by molar-refractivity contribution is -0.136. The summed E-state index contributed by atoms with van der Waals surface area (Å²) in [4.78, 5) is 83.5. The van der Waals surface area contributed by atoms with Crippen LogP contribution in [-0.4, -0.2) is 84.0 Å². The third-order valence-electron chi connectivity index (χ3n) is 6.98. The van der Waals surface area contributed by atoms with Gasteiger partial charge in [0.2, 0.25) is 23.6 Å². The Bertz CT molecular complexity index is 1070. The zero-order valence-electron chi connectivity index (χ0n) is 26.5. The number of carbonyl (C=O) groups is 6. The van der Waals surface area contributed by atoms with E-state index in [9.17, 15) is 33.9 Å². The highest BCUT2D eigenvalue weighted by Gasteiger charge is 2.32. The fourth-order valence-corrected chi connectivity index (χ4v) is 4.45. The van der Waals surface area contributed by atoms with Crippen molar-refractivity contribution in [3.8, 4) is 0 Å². The minimum atomic E-state index is -1.38. The van der Waals surface area contributed by atoms with Gasteiger partial charge >= 0.3 is 0 Å². The number of primary amides is 2. The van der Waals surface area contributed by atoms with E-state index in [4.69, 9.17) is 34.4 Å². The summed E-state index contributed by atoms with van der Waals surface area (Å²) in [6.07, 6.45) is 0.543. The normalized spacial score (nSPS) is 14.2. The first-order chi connectivity index (χ1) is 21.0. The smallest absolute Gasteiger partial charge is 0.240 e. The number of aliphatic hydroxyl groups is 1. The highest BCUT2D eigenvalue weighted by atomic mass is 16.3. The second kappa shape index (κ2) is 21.4. The van der Waals surface area contributed by atoms with Crippen LogP contribution in [-0.2, 0) is 28.8 Å². The third kappa shape index (κ3) is 18.2. The van der Waals surface area contributed by atoms with Gasteiger partial charge in [-0.1, -0.05) is 20.8 Å². The number of amides is 4. The average Bonchev–Trinajstić information content (AvgIpc) is 2.93. The first-order valence-corrected chi connectivity index (χ1v) is 14.9. The minimum Gasteiger partial charge on any atom is -0.396 e. The SMILES string of the molecule is CC(C)C[C@H](NC(=O)[C@H](CO)CC(=O)[C@@H](C)CCCN=C(N)N)C(=O)C[C@@H](CCCN=C(N)N)C(=O)N[C@@H](CC(N)=O)C(N)=O. The molecule has 0 saturated carbocycles. The van der Waals surface area contributed by atoms with Gasteiger partial charge in [-0.15, -0.1) is 0 Å². The molecule has 17 heteroatoms. The Morgan fingerprint density at radius 1 is 0.667 bits per heavy atom. The number of hydrogen-bond acceptors (Lipinski definition) is 9. The number of guanidine groups is 2. The molecule has 0 rings (SSSR count). The Hall–Kier alpha value is -4.28. The number of nitrogens with two attached hydrogens (primary N) is 6. The van der Waals surface area contributed by atoms with Gasteiger partial charge in [0.15, 0.2) is 17.7 Å². The van der Waals surface area contributed by atoms with E-state index in [1.807, 2.05) is 13.8 Å². The molecule has 5 atom stereocenters. The summed E-state index contributed by atoms with van der Waals surface area (Å²) in [5.41, 5.74) is 31.8. The lowest BCUT2D eigenvalue weighted by Gasteiger charge is -2.25. The third-order valence-corrected chi connectivity index (χ3v) is 6.98. The number of nitrogens with one attached hydrogen (secondary N) is 2. The van der Waals surface area contributed by atoms with Gasteiger partial charge < -0.3 is 50.1 Å². The molecule has 256 valence electrons. The van der Waals surface area contributed by atoms with Crippen LogP contribution in [0.4, 0.5) is 0 Å². The van der Waals surface area contributed by atoms with Crippen molar-refractivity contribution in [2.75, 3.05) is 19.7 Å². The van der Waals surface area contributed by atoms with Crippen LogP contribution < -0.4 is 45.0 Å². The predicted molar refractivity (Wildman–Crippen MR) is 169 cm³/mol. The number of ketones is 2. The Kier molecular flexibility index (Phi) is 19.4. The molecule has 0 aromatic rings. The molecule has 15 N–H and O–H groups in total. The van der Waals surface area contributed by atoms with E-state index in [1.165, 1.54) is 0 Å². The topological polar surface area (TPSA) is 328 Å². The predicted octanol–water partition coefficient (Wildman–Crippen LogP) is -2.75. The first-order valence-electron chi connectivity index (χ1n) is 14.9. The molecule has 0 aromatic carbocycles. The zero-order valence-corrected chi connectivity index (χ0v) is 26.5. The number of carbonyl (C=O) groups excluding carboxylic acids is 6. The van der Waals surface area contributed by atoms with E-state index in [1.54, 1.807) is 6.92 Å². The average molecular weight is 641 g/mol. The summed E-state index contributed by atoms with van der Waals surface area (Å²) in [7, 11) is 0. The Balaban J connectivity index is 5.73. The van der Waals surface area contributed by atoms with Crippen LogP contribution in [0.3, 0.4) is 0 Å². The molecular formula is C28H52N10O7. The monoisotopic (exact) mass is 640 g/mol. The lowest BCUT2D eigenvalue weighted by Crippen LogP contribution is -2.50. The molecule has 0 spiro atoms. The molecule has 4 amide bonds. The minimum absolute atomic E-state index is 0.0488. The molecule has 0 bridgehead atoms. The van der Waals surface area contributed by atoms with Crippen LogP contribution in [0, 0.1) is 23.7 Å². The van der Waals surface area contributed by atoms with Crippen LogP contribution in [0.2, 0.25) is 0 Å². The summed E-state index contributed by atoms with van der Waals surface area (Å²) in [5.74, 6) is -6.73. The molecule has 0 unspecified atom stereocenters. The highest BCUT2D eigenvalue weighted by Crippen LogP contribution is 2.19. The van der Waals surface area contributed by atoms with Crippen LogP contribution in [0.1, 0.15) is 72.1 Å². The van der Waals surface area contributed by atoms with E-state index in [0.717, 1.165) is 0 Å². The van der Waals surface area contributed by atoms with E-state index in [2.05, 4.69) is 20.6 Å². The maximum atomic E-state index is 13.5. The fourth-order valence-electron chi connectivity index (χ4n) is 4.45. The number of hydrogen-bond donors (Lipinski definition) is 9. The molecule has 0 aromatic heterocycles. The van der Waals surface area contributed by atoms with E-state index in [0.29, 0.717) is 25.8 Å². The fraction of sp³-hybridized carbons (Fsp3) is 0.714. The Labute approximate surface area is 263 Å². The van der Waals surface area contributed by atoms with E-state index in [-0.39, 0.29) is 55.8 Å². The standard InChI is InChI=1S/C28H52N10O7/c1-15(2)10-19(37-26(45)18(14-39)12-21(40)16(3)6-4-8-35-27(31)32)22(41)11-17(7-5-9-36-28(33)34)25(44)38-20(24(30)43)13-23(29)42/h15-20,39H,4-14H2,1-3H3,(H2,29,42)(H2,30,43)(H,37,45)(H,38,44)(H4,31,32,35)(H4,33,34,36)/t16-,17+,18-,19-,20-/m0/s1. The van der Waals surface area contributed by atoms with Gasteiger partial charge in [0.05, 0.1) is 25.0 Å². The first kappa shape index (κ1) is 40.7. The maximum absolute atomic E-state index is 13.5. The molecule has 17 nitrogen and oxygen atoms in total. The Morgan fingerprint density at radius 3 is 1.62 bits per heavy atom. The largest absolute Gasteiger partial charge is 0.396 e. The summed E-state index contributed by atoms with van der Waals surface area (Å²) in [6.45, 7) is 5.27. The van der Waals surface area contributed by atoms with E-state index >= 15 is 0 Å². The van der Waals surface area contributed by atoms with Crippen LogP contribution in [0.25, 0.3) is 0 Å². The molecule has 45 heavy (non-hydrogen) atoms. The number of aliphatic imine (C=N–C) groups is 2. The van der Waals surface area contributed by atoms with Crippen LogP contribution >= 0.6 is 0 Å². The van der Waals surface area contributed by atoms with Gasteiger partial charge in [-0.05, 0) is 38.0 Å². The molecule has 0 aliphatic heterocycles. The van der Waals surface area contributed by atoms with Crippen molar-refractivity contribution in [3.05, 3.63) is 0 Å². The van der Waals surface area contributed by atoms with Gasteiger partial charge in [0.25, 0.3) is 0 Å². The van der Waals surface area contributed by atoms with Gasteiger partial charge in [-0.2, -0.15) is 0 Å². The van der Waals surface area contributed by atoms with Gasteiger partial charge in [0.1, 0.15) is 11.8 Å². The van der Waals surface area contributed by atoms with Crippen molar-refractivity contribution in [1.82, 2.24) is 10.6 Å². The van der Waals surface area contributed by atoms with Crippen molar-refractivity contribution in [3.63, 3.8) is 0 Å². The second-order valence-electron chi connectivity index (χ2n) is 11.5. The number of Topliss-reactive ketones (excluding diaryl/α,β-unsaturated/α-hetero) is 2. The zero-order chi connectivity index (χ0) is 34.7. The quantitative estimate of drug-likeness (QED) is 0.0296. The van der Waals surface area contributed by atoms with Gasteiger partial charge in [-0.3, -0.25) is 38.8 Å². The molecular weight excluding hydrogens is 588 g/mol. The summed E-state index contributed by atoms with van der Waals surface area (Å²) < 4.78 is 0. The summed E-state index contributed by atoms with van der Waals surface area (Å²) in [5, 5.41) is 14.9. The van der Waals surface area contributed by atoms with Crippen LogP contribution in [0.5, 0.6) is 0 Å². The van der Waals surface area contributed by atoms with Crippen molar-refractivity contribution < 1.29 is 33.9 Å². The lowest BCUT2D eigenvalue weighted by atomic mass is 9.89. The van der Waals surface area contributed by atoms with Crippen LogP contribution in [0.15, 0.2) is 9.98 Å². The summed E-state index contributed by atoms with van der Waals surface area (Å²) in [6, 6.07) is -2.42. The van der Waals surface area contributed by atoms with Crippen molar-refractivity contribution >= 4 is 47.1 Å². The maximum Gasteiger partial charge on any atom is 0.240 e. The molecule has 0 aliphatic rings. The molecule has 0 radical (unpaired) electrons. The van der Waals surface area contributed by atoms with E-state index < -0.39 is 72.3 Å². The number of rotatable bonds is 24. The van der Waals surface area contributed by atoms with Gasteiger partial charge in [0, 0.05) is 37.8 Å². The molecule has 0 heterocycles. The molecule has 0 aliphatic carbocycles. The molecule has 0 saturated heterocycles. The highest BCUT2D eigenvalue weighted by molar-refractivity contribution is 5.96. The number of aliphatic hydroxyl groups excluding tert-OH is 1. The molecule has 0 fully saturated rings. The Morgan fingerprint density at radius 2 is 1.16 bits per heavy atom. The van der Waals surface area contributed by atoms with Crippen molar-refractivity contribution in [1.29, 1.82) is 0 Å². The van der Waals surface area contributed by atoms with Gasteiger partial charge in [-0.25, -0.2) is 0 Å².